The van der Waals surface area contributed by atoms with Gasteiger partial charge in [0.05, 0.1) is 5.75 Å². The Labute approximate surface area is 222 Å². The van der Waals surface area contributed by atoms with E-state index in [1.807, 2.05) is 30.3 Å². The molecule has 9 nitrogen and oxygen atoms in total. The highest BCUT2D eigenvalue weighted by molar-refractivity contribution is 7.89. The second-order valence-electron chi connectivity index (χ2n) is 9.87. The van der Waals surface area contributed by atoms with Crippen molar-refractivity contribution >= 4 is 49.1 Å². The van der Waals surface area contributed by atoms with Gasteiger partial charge >= 0.3 is 5.97 Å². The number of nitrogens with one attached hydrogen (secondary N) is 1. The lowest BCUT2D eigenvalue weighted by Crippen LogP contribution is -2.22. The summed E-state index contributed by atoms with van der Waals surface area (Å²) in [4.78, 5) is 39.8. The normalized spacial score (nSPS) is 14.6. The molecule has 0 saturated heterocycles. The topological polar surface area (TPSA) is 127 Å². The molecule has 0 saturated carbocycles. The van der Waals surface area contributed by atoms with Crippen molar-refractivity contribution in [3.8, 4) is 11.1 Å². The number of fused-ring (bicyclic) bond motifs is 3. The zero-order chi connectivity index (χ0) is 27.6. The Kier molecular flexibility index (Phi) is 5.47. The van der Waals surface area contributed by atoms with Crippen molar-refractivity contribution in [1.29, 1.82) is 0 Å². The zero-order valence-electron chi connectivity index (χ0n) is 21.0. The molecule has 0 spiro atoms. The highest BCUT2D eigenvalue weighted by Crippen LogP contribution is 2.43. The van der Waals surface area contributed by atoms with Gasteiger partial charge in [0.2, 0.25) is 0 Å². The lowest BCUT2D eigenvalue weighted by atomic mass is 9.98. The molecule has 1 aliphatic heterocycles. The number of rotatable bonds is 4. The number of carboxylic acids is 1. The number of hydrogen-bond donors (Lipinski definition) is 2. The van der Waals surface area contributed by atoms with Crippen LogP contribution in [-0.4, -0.2) is 40.8 Å². The highest BCUT2D eigenvalue weighted by atomic mass is 32.2. The minimum absolute atomic E-state index is 0.0533. The monoisotopic (exact) mass is 541 g/mol. The summed E-state index contributed by atoms with van der Waals surface area (Å²) < 4.78 is 26.5. The van der Waals surface area contributed by atoms with Gasteiger partial charge in [0.15, 0.2) is 15.9 Å². The van der Waals surface area contributed by atoms with E-state index in [-0.39, 0.29) is 16.8 Å². The number of carbonyl (C=O) groups excluding carboxylic acids is 1. The van der Waals surface area contributed by atoms with Crippen molar-refractivity contribution < 1.29 is 23.1 Å². The fourth-order valence-corrected chi connectivity index (χ4v) is 6.09. The van der Waals surface area contributed by atoms with Gasteiger partial charge in [-0.05, 0) is 40.6 Å². The molecular weight excluding hydrogens is 518 g/mol. The van der Waals surface area contributed by atoms with Gasteiger partial charge in [-0.1, -0.05) is 36.4 Å². The number of aromatic nitrogens is 2. The molecule has 6 rings (SSSR count). The van der Waals surface area contributed by atoms with Gasteiger partial charge in [0, 0.05) is 59.0 Å². The second-order valence-corrected chi connectivity index (χ2v) is 12.0. The van der Waals surface area contributed by atoms with E-state index in [1.54, 1.807) is 43.6 Å². The predicted molar refractivity (Wildman–Crippen MR) is 149 cm³/mol. The minimum Gasteiger partial charge on any atom is -0.479 e. The average Bonchev–Trinajstić information content (AvgIpc) is 3.22. The van der Waals surface area contributed by atoms with Gasteiger partial charge in [-0.25, -0.2) is 13.2 Å². The molecule has 5 aromatic rings. The molecule has 1 atom stereocenters. The first kappa shape index (κ1) is 24.6. The molecule has 0 amide bonds. The van der Waals surface area contributed by atoms with E-state index < -0.39 is 33.3 Å². The first-order valence-corrected chi connectivity index (χ1v) is 14.2. The Balaban J connectivity index is 1.65. The molecular formula is C29H23N3O6S. The molecule has 0 aliphatic carbocycles. The number of carbonyl (C=O) groups is 2. The molecule has 3 heterocycles. The molecule has 1 unspecified atom stereocenters. The lowest BCUT2D eigenvalue weighted by Gasteiger charge is -2.16. The van der Waals surface area contributed by atoms with Gasteiger partial charge in [-0.2, -0.15) is 0 Å². The molecule has 3 aromatic carbocycles. The number of anilines is 1. The number of nitrogens with zero attached hydrogens (tertiary/aromatic N) is 2. The van der Waals surface area contributed by atoms with E-state index in [0.717, 1.165) is 17.0 Å². The van der Waals surface area contributed by atoms with Crippen LogP contribution in [0.25, 0.3) is 32.8 Å². The fourth-order valence-electron chi connectivity index (χ4n) is 5.31. The largest absolute Gasteiger partial charge is 0.479 e. The molecule has 2 aromatic heterocycles. The summed E-state index contributed by atoms with van der Waals surface area (Å²) >= 11 is 0. The van der Waals surface area contributed by atoms with Crippen molar-refractivity contribution in [2.75, 3.05) is 11.6 Å². The summed E-state index contributed by atoms with van der Waals surface area (Å²) in [6, 6.07) is 16.5. The molecule has 1 aliphatic rings. The third kappa shape index (κ3) is 4.09. The number of aryl methyl sites for hydroxylation is 1. The Bertz CT molecular complexity index is 2040. The van der Waals surface area contributed by atoms with E-state index in [0.29, 0.717) is 33.3 Å². The Hall–Kier alpha value is -4.70. The summed E-state index contributed by atoms with van der Waals surface area (Å²) in [5, 5.41) is 15.3. The molecule has 196 valence electrons. The zero-order valence-corrected chi connectivity index (χ0v) is 21.8. The van der Waals surface area contributed by atoms with E-state index in [9.17, 15) is 27.9 Å². The van der Waals surface area contributed by atoms with Crippen LogP contribution >= 0.6 is 0 Å². The summed E-state index contributed by atoms with van der Waals surface area (Å²) in [5.74, 6) is -1.86. The van der Waals surface area contributed by atoms with E-state index in [1.165, 1.54) is 15.3 Å². The van der Waals surface area contributed by atoms with Crippen LogP contribution in [0.2, 0.25) is 0 Å². The van der Waals surface area contributed by atoms with Crippen LogP contribution in [-0.2, 0) is 27.4 Å². The molecule has 0 bridgehead atoms. The number of carboxylic acid groups (broad SMARTS) is 1. The van der Waals surface area contributed by atoms with Gasteiger partial charge in [0.25, 0.3) is 11.5 Å². The van der Waals surface area contributed by atoms with Crippen molar-refractivity contribution in [3.05, 3.63) is 100 Å². The lowest BCUT2D eigenvalue weighted by molar-refractivity contribution is -0.138. The number of sulfone groups is 1. The van der Waals surface area contributed by atoms with Crippen LogP contribution in [0.4, 0.5) is 5.69 Å². The predicted octanol–water partition coefficient (Wildman–Crippen LogP) is 3.94. The number of benzene rings is 3. The van der Waals surface area contributed by atoms with Crippen LogP contribution in [0.15, 0.2) is 77.9 Å². The first-order chi connectivity index (χ1) is 18.5. The van der Waals surface area contributed by atoms with Gasteiger partial charge in [-0.15, -0.1) is 0 Å². The number of pyridine rings is 1. The van der Waals surface area contributed by atoms with Crippen LogP contribution in [0.5, 0.6) is 0 Å². The Morgan fingerprint density at radius 3 is 2.44 bits per heavy atom. The molecule has 10 heteroatoms. The molecule has 39 heavy (non-hydrogen) atoms. The smallest absolute Gasteiger partial charge is 0.330 e. The van der Waals surface area contributed by atoms with Crippen LogP contribution in [0, 0.1) is 0 Å². The first-order valence-electron chi connectivity index (χ1n) is 12.1. The Morgan fingerprint density at radius 1 is 0.974 bits per heavy atom. The second kappa shape index (κ2) is 8.67. The van der Waals surface area contributed by atoms with Crippen molar-refractivity contribution in [1.82, 2.24) is 9.13 Å². The maximum absolute atomic E-state index is 13.8. The SMILES string of the molecule is Cn1cc2c3c(cn(C(=O)c4ccc5ccccc5c4)c3c1=O)C(C(=O)O)Nc1ccc(CS(C)(=O)=O)cc1-2. The van der Waals surface area contributed by atoms with Crippen molar-refractivity contribution in [3.63, 3.8) is 0 Å². The summed E-state index contributed by atoms with van der Waals surface area (Å²) in [6.07, 6.45) is 4.15. The summed E-state index contributed by atoms with van der Waals surface area (Å²) in [7, 11) is -1.78. The molecule has 0 fully saturated rings. The Morgan fingerprint density at radius 2 is 1.72 bits per heavy atom. The average molecular weight is 542 g/mol. The van der Waals surface area contributed by atoms with Crippen LogP contribution < -0.4 is 10.9 Å². The van der Waals surface area contributed by atoms with Gasteiger partial charge < -0.3 is 15.0 Å². The van der Waals surface area contributed by atoms with Crippen LogP contribution in [0.1, 0.15) is 27.5 Å². The minimum atomic E-state index is -3.34. The van der Waals surface area contributed by atoms with E-state index >= 15 is 0 Å². The van der Waals surface area contributed by atoms with Crippen molar-refractivity contribution in [2.45, 2.75) is 11.8 Å². The van der Waals surface area contributed by atoms with E-state index in [2.05, 4.69) is 5.32 Å². The summed E-state index contributed by atoms with van der Waals surface area (Å²) in [5.41, 5.74) is 2.25. The molecule has 2 N–H and O–H groups in total. The number of hydrogen-bond acceptors (Lipinski definition) is 6. The highest BCUT2D eigenvalue weighted by Gasteiger charge is 2.33. The quantitative estimate of drug-likeness (QED) is 0.353. The van der Waals surface area contributed by atoms with Crippen LogP contribution in [0.3, 0.4) is 0 Å². The maximum Gasteiger partial charge on any atom is 0.330 e. The fraction of sp³-hybridized carbons (Fsp3) is 0.138. The van der Waals surface area contributed by atoms with Crippen molar-refractivity contribution in [2.24, 2.45) is 7.05 Å². The third-order valence-electron chi connectivity index (χ3n) is 7.03. The third-order valence-corrected chi connectivity index (χ3v) is 7.88. The summed E-state index contributed by atoms with van der Waals surface area (Å²) in [6.45, 7) is 0. The van der Waals surface area contributed by atoms with Gasteiger partial charge in [0.1, 0.15) is 5.52 Å². The van der Waals surface area contributed by atoms with E-state index in [4.69, 9.17) is 0 Å². The van der Waals surface area contributed by atoms with Gasteiger partial charge in [-0.3, -0.25) is 14.2 Å². The number of aliphatic carboxylic acids is 1. The maximum atomic E-state index is 13.8. The standard InChI is InChI=1S/C29H23N3O6S/c1-31-13-21-20-11-16(15-39(2,37)38)7-10-23(20)30-25(29(35)36)22-14-32(26(24(21)22)28(31)34)27(33)19-9-8-17-5-3-4-6-18(17)12-19/h3-14,25,30H,15H2,1-2H3,(H,35,36). The molecule has 0 radical (unpaired) electrons.